The third kappa shape index (κ3) is 2.64. The Kier molecular flexibility index (Phi) is 4.12. The molecule has 1 aliphatic carbocycles. The number of halogens is 1. The van der Waals surface area contributed by atoms with Gasteiger partial charge in [-0.2, -0.15) is 0 Å². The number of alkyl halides is 1. The quantitative estimate of drug-likeness (QED) is 0.766. The van der Waals surface area contributed by atoms with Gasteiger partial charge in [0.15, 0.2) is 5.58 Å². The zero-order valence-electron chi connectivity index (χ0n) is 12.6. The van der Waals surface area contributed by atoms with Gasteiger partial charge in [-0.3, -0.25) is 4.57 Å². The van der Waals surface area contributed by atoms with Gasteiger partial charge in [0.2, 0.25) is 0 Å². The monoisotopic (exact) mass is 307 g/mol. The second-order valence-corrected chi connectivity index (χ2v) is 6.69. The highest BCUT2D eigenvalue weighted by Crippen LogP contribution is 2.43. The highest BCUT2D eigenvalue weighted by Gasteiger charge is 2.30. The zero-order valence-corrected chi connectivity index (χ0v) is 13.4. The Morgan fingerprint density at radius 2 is 2.24 bits per heavy atom. The van der Waals surface area contributed by atoms with Gasteiger partial charge >= 0.3 is 5.76 Å². The molecule has 1 heterocycles. The lowest BCUT2D eigenvalue weighted by atomic mass is 9.90. The minimum Gasteiger partial charge on any atom is -0.408 e. The number of hydrogen-bond donors (Lipinski definition) is 0. The third-order valence-corrected chi connectivity index (χ3v) is 5.34. The van der Waals surface area contributed by atoms with Crippen LogP contribution in [0.3, 0.4) is 0 Å². The van der Waals surface area contributed by atoms with Crippen molar-refractivity contribution in [1.82, 2.24) is 4.57 Å². The Morgan fingerprint density at radius 1 is 1.43 bits per heavy atom. The van der Waals surface area contributed by atoms with E-state index in [2.05, 4.69) is 13.8 Å². The SMILES string of the molecule is CCCn1c(=O)oc2cc(C(Cl)C3CCCC3C)ccc21. The van der Waals surface area contributed by atoms with Crippen LogP contribution in [-0.2, 0) is 6.54 Å². The summed E-state index contributed by atoms with van der Waals surface area (Å²) in [6, 6.07) is 5.97. The number of benzene rings is 1. The Morgan fingerprint density at radius 3 is 2.90 bits per heavy atom. The normalized spacial score (nSPS) is 23.8. The molecule has 0 N–H and O–H groups in total. The van der Waals surface area contributed by atoms with Gasteiger partial charge in [0.25, 0.3) is 0 Å². The van der Waals surface area contributed by atoms with Crippen molar-refractivity contribution < 1.29 is 4.42 Å². The van der Waals surface area contributed by atoms with Crippen LogP contribution in [0.15, 0.2) is 27.4 Å². The zero-order chi connectivity index (χ0) is 15.0. The molecule has 3 rings (SSSR count). The van der Waals surface area contributed by atoms with E-state index in [1.54, 1.807) is 4.57 Å². The minimum atomic E-state index is -0.274. The molecule has 1 fully saturated rings. The highest BCUT2D eigenvalue weighted by molar-refractivity contribution is 6.21. The average Bonchev–Trinajstić information content (AvgIpc) is 3.02. The standard InChI is InChI=1S/C17H22ClNO2/c1-3-9-19-14-8-7-12(10-15(14)21-17(19)20)16(18)13-6-4-5-11(13)2/h7-8,10-11,13,16H,3-6,9H2,1-2H3. The van der Waals surface area contributed by atoms with Crippen molar-refractivity contribution in [3.8, 4) is 0 Å². The fourth-order valence-corrected chi connectivity index (χ4v) is 4.06. The van der Waals surface area contributed by atoms with Crippen molar-refractivity contribution in [2.45, 2.75) is 51.5 Å². The lowest BCUT2D eigenvalue weighted by molar-refractivity contribution is 0.405. The minimum absolute atomic E-state index is 0.00623. The Balaban J connectivity index is 1.96. The highest BCUT2D eigenvalue weighted by atomic mass is 35.5. The molecule has 1 saturated carbocycles. The first-order valence-electron chi connectivity index (χ1n) is 7.89. The second-order valence-electron chi connectivity index (χ2n) is 6.22. The number of aromatic nitrogens is 1. The molecule has 21 heavy (non-hydrogen) atoms. The maximum absolute atomic E-state index is 11.9. The fraction of sp³-hybridized carbons (Fsp3) is 0.588. The molecule has 0 aliphatic heterocycles. The summed E-state index contributed by atoms with van der Waals surface area (Å²) in [4.78, 5) is 11.9. The molecule has 3 atom stereocenters. The van der Waals surface area contributed by atoms with Crippen molar-refractivity contribution in [2.24, 2.45) is 11.8 Å². The molecule has 0 amide bonds. The van der Waals surface area contributed by atoms with Crippen LogP contribution in [0.2, 0.25) is 0 Å². The third-order valence-electron chi connectivity index (χ3n) is 4.76. The van der Waals surface area contributed by atoms with Crippen molar-refractivity contribution in [2.75, 3.05) is 0 Å². The van der Waals surface area contributed by atoms with Crippen molar-refractivity contribution in [3.05, 3.63) is 34.3 Å². The van der Waals surface area contributed by atoms with Crippen LogP contribution in [0.5, 0.6) is 0 Å². The Bertz CT molecular complexity index is 688. The molecule has 3 nitrogen and oxygen atoms in total. The summed E-state index contributed by atoms with van der Waals surface area (Å²) in [5, 5.41) is 0.00623. The van der Waals surface area contributed by atoms with E-state index >= 15 is 0 Å². The summed E-state index contributed by atoms with van der Waals surface area (Å²) in [6.45, 7) is 5.02. The van der Waals surface area contributed by atoms with Gasteiger partial charge in [-0.1, -0.05) is 32.8 Å². The molecular formula is C17H22ClNO2. The van der Waals surface area contributed by atoms with E-state index in [9.17, 15) is 4.79 Å². The summed E-state index contributed by atoms with van der Waals surface area (Å²) in [5.41, 5.74) is 2.59. The van der Waals surface area contributed by atoms with E-state index in [4.69, 9.17) is 16.0 Å². The summed E-state index contributed by atoms with van der Waals surface area (Å²) < 4.78 is 7.08. The molecule has 4 heteroatoms. The molecule has 1 aromatic carbocycles. The van der Waals surface area contributed by atoms with Gasteiger partial charge in [0, 0.05) is 6.54 Å². The van der Waals surface area contributed by atoms with E-state index in [1.165, 1.54) is 19.3 Å². The van der Waals surface area contributed by atoms with Crippen LogP contribution in [0.1, 0.15) is 50.5 Å². The fourth-order valence-electron chi connectivity index (χ4n) is 3.55. The first-order chi connectivity index (χ1) is 10.1. The van der Waals surface area contributed by atoms with E-state index in [0.717, 1.165) is 17.5 Å². The van der Waals surface area contributed by atoms with Crippen molar-refractivity contribution in [1.29, 1.82) is 0 Å². The molecule has 1 aromatic heterocycles. The molecule has 2 aromatic rings. The number of oxazole rings is 1. The molecule has 114 valence electrons. The molecule has 0 spiro atoms. The smallest absolute Gasteiger partial charge is 0.408 e. The second kappa shape index (κ2) is 5.88. The number of hydrogen-bond acceptors (Lipinski definition) is 2. The van der Waals surface area contributed by atoms with Gasteiger partial charge in [-0.25, -0.2) is 4.79 Å². The summed E-state index contributed by atoms with van der Waals surface area (Å²) in [6.07, 6.45) is 4.62. The van der Waals surface area contributed by atoms with Gasteiger partial charge in [0.05, 0.1) is 10.9 Å². The van der Waals surface area contributed by atoms with Gasteiger partial charge in [0.1, 0.15) is 0 Å². The number of rotatable bonds is 4. The first kappa shape index (κ1) is 14.7. The lowest BCUT2D eigenvalue weighted by Crippen LogP contribution is -2.13. The van der Waals surface area contributed by atoms with Crippen LogP contribution in [-0.4, -0.2) is 4.57 Å². The summed E-state index contributed by atoms with van der Waals surface area (Å²) in [5.74, 6) is 0.915. The Hall–Kier alpha value is -1.22. The summed E-state index contributed by atoms with van der Waals surface area (Å²) in [7, 11) is 0. The Labute approximate surface area is 129 Å². The predicted molar refractivity (Wildman–Crippen MR) is 85.9 cm³/mol. The van der Waals surface area contributed by atoms with Crippen LogP contribution < -0.4 is 5.76 Å². The molecule has 3 unspecified atom stereocenters. The molecular weight excluding hydrogens is 286 g/mol. The van der Waals surface area contributed by atoms with Crippen LogP contribution in [0.25, 0.3) is 11.1 Å². The van der Waals surface area contributed by atoms with E-state index in [-0.39, 0.29) is 11.1 Å². The van der Waals surface area contributed by atoms with E-state index < -0.39 is 0 Å². The maximum Gasteiger partial charge on any atom is 0.419 e. The van der Waals surface area contributed by atoms with Crippen molar-refractivity contribution >= 4 is 22.7 Å². The molecule has 1 aliphatic rings. The molecule has 0 saturated heterocycles. The molecule has 0 bridgehead atoms. The first-order valence-corrected chi connectivity index (χ1v) is 8.32. The largest absolute Gasteiger partial charge is 0.419 e. The number of aryl methyl sites for hydroxylation is 1. The predicted octanol–water partition coefficient (Wildman–Crippen LogP) is 4.72. The summed E-state index contributed by atoms with van der Waals surface area (Å²) >= 11 is 6.69. The average molecular weight is 308 g/mol. The topological polar surface area (TPSA) is 35.1 Å². The van der Waals surface area contributed by atoms with E-state index in [0.29, 0.717) is 24.0 Å². The van der Waals surface area contributed by atoms with Crippen LogP contribution in [0.4, 0.5) is 0 Å². The van der Waals surface area contributed by atoms with Crippen LogP contribution >= 0.6 is 11.6 Å². The van der Waals surface area contributed by atoms with Gasteiger partial charge in [-0.05, 0) is 42.4 Å². The van der Waals surface area contributed by atoms with Crippen molar-refractivity contribution in [3.63, 3.8) is 0 Å². The molecule has 0 radical (unpaired) electrons. The van der Waals surface area contributed by atoms with Gasteiger partial charge < -0.3 is 4.42 Å². The number of fused-ring (bicyclic) bond motifs is 1. The van der Waals surface area contributed by atoms with E-state index in [1.807, 2.05) is 18.2 Å². The van der Waals surface area contributed by atoms with Crippen LogP contribution in [0, 0.1) is 11.8 Å². The number of nitrogens with zero attached hydrogens (tertiary/aromatic N) is 1. The van der Waals surface area contributed by atoms with Gasteiger partial charge in [-0.15, -0.1) is 11.6 Å². The maximum atomic E-state index is 11.9. The lowest BCUT2D eigenvalue weighted by Gasteiger charge is -2.21.